The van der Waals surface area contributed by atoms with Gasteiger partial charge in [0.2, 0.25) is 17.6 Å². The van der Waals surface area contributed by atoms with Gasteiger partial charge < -0.3 is 20.3 Å². The van der Waals surface area contributed by atoms with Gasteiger partial charge in [0.15, 0.2) is 0 Å². The summed E-state index contributed by atoms with van der Waals surface area (Å²) >= 11 is 0. The van der Waals surface area contributed by atoms with Gasteiger partial charge in [-0.25, -0.2) is 0 Å². The third-order valence-corrected chi connectivity index (χ3v) is 4.65. The number of nitrogens with two attached hydrogens (primary N) is 1. The summed E-state index contributed by atoms with van der Waals surface area (Å²) in [5.74, 6) is 1.06. The lowest BCUT2D eigenvalue weighted by Crippen LogP contribution is -2.45. The van der Waals surface area contributed by atoms with Crippen LogP contribution >= 0.6 is 12.4 Å². The molecule has 0 bridgehead atoms. The van der Waals surface area contributed by atoms with Gasteiger partial charge >= 0.3 is 0 Å². The Morgan fingerprint density at radius 1 is 1.35 bits per heavy atom. The summed E-state index contributed by atoms with van der Waals surface area (Å²) in [6.45, 7) is 0.468. The Bertz CT molecular complexity index is 695. The van der Waals surface area contributed by atoms with Crippen LogP contribution in [0.15, 0.2) is 34.9 Å². The zero-order chi connectivity index (χ0) is 17.6. The van der Waals surface area contributed by atoms with Gasteiger partial charge in [-0.2, -0.15) is 4.98 Å². The fourth-order valence-corrected chi connectivity index (χ4v) is 3.16. The minimum absolute atomic E-state index is 0. The summed E-state index contributed by atoms with van der Waals surface area (Å²) in [5, 5.41) is 6.92. The van der Waals surface area contributed by atoms with E-state index >= 15 is 0 Å². The minimum Gasteiger partial charge on any atom is -0.380 e. The molecule has 0 radical (unpaired) electrons. The molecule has 1 saturated carbocycles. The van der Waals surface area contributed by atoms with Gasteiger partial charge in [-0.3, -0.25) is 4.79 Å². The summed E-state index contributed by atoms with van der Waals surface area (Å²) in [6.07, 6.45) is 2.73. The molecule has 7 nitrogen and oxygen atoms in total. The number of carbonyl (C=O) groups is 1. The van der Waals surface area contributed by atoms with E-state index in [1.165, 1.54) is 0 Å². The van der Waals surface area contributed by atoms with Crippen molar-refractivity contribution in [1.82, 2.24) is 15.5 Å². The topological polar surface area (TPSA) is 103 Å². The first-order valence-electron chi connectivity index (χ1n) is 8.61. The van der Waals surface area contributed by atoms with Gasteiger partial charge in [0.05, 0.1) is 6.10 Å². The number of amides is 1. The Labute approximate surface area is 159 Å². The van der Waals surface area contributed by atoms with E-state index in [1.54, 1.807) is 7.11 Å². The van der Waals surface area contributed by atoms with Gasteiger partial charge in [-0.05, 0) is 19.3 Å². The molecule has 0 unspecified atom stereocenters. The lowest BCUT2D eigenvalue weighted by atomic mass is 9.83. The van der Waals surface area contributed by atoms with Crippen molar-refractivity contribution in [2.24, 2.45) is 11.7 Å². The Kier molecular flexibility index (Phi) is 7.56. The molecule has 1 fully saturated rings. The monoisotopic (exact) mass is 380 g/mol. The maximum atomic E-state index is 12.3. The average Bonchev–Trinajstić information content (AvgIpc) is 3.11. The molecule has 3 rings (SSSR count). The zero-order valence-corrected chi connectivity index (χ0v) is 15.6. The molecule has 1 aliphatic carbocycles. The Hall–Kier alpha value is -1.96. The second-order valence-corrected chi connectivity index (χ2v) is 6.37. The molecule has 1 amide bonds. The molecule has 1 aromatic carbocycles. The zero-order valence-electron chi connectivity index (χ0n) is 14.8. The number of carbonyl (C=O) groups excluding carboxylic acids is 1. The van der Waals surface area contributed by atoms with Crippen LogP contribution in [0.1, 0.15) is 25.2 Å². The predicted octanol–water partition coefficient (Wildman–Crippen LogP) is 1.96. The maximum Gasteiger partial charge on any atom is 0.228 e. The van der Waals surface area contributed by atoms with E-state index in [1.807, 2.05) is 30.3 Å². The Balaban J connectivity index is 0.00000243. The highest BCUT2D eigenvalue weighted by atomic mass is 35.5. The first-order valence-corrected chi connectivity index (χ1v) is 8.61. The lowest BCUT2D eigenvalue weighted by molar-refractivity contribution is -0.127. The summed E-state index contributed by atoms with van der Waals surface area (Å²) in [4.78, 5) is 16.7. The molecule has 1 aromatic heterocycles. The summed E-state index contributed by atoms with van der Waals surface area (Å²) in [6, 6.07) is 9.66. The van der Waals surface area contributed by atoms with Gasteiger partial charge in [0, 0.05) is 37.6 Å². The van der Waals surface area contributed by atoms with Crippen LogP contribution in [0.2, 0.25) is 0 Å². The number of hydrogen-bond donors (Lipinski definition) is 2. The number of nitrogens with one attached hydrogen (secondary N) is 1. The SMILES string of the molecule is CO[C@H]1C[C@@H](C(=O)NCCc2nc(-c3ccccc3)no2)CC[C@@H]1N.Cl. The van der Waals surface area contributed by atoms with Crippen LogP contribution in [-0.4, -0.2) is 41.8 Å². The second-order valence-electron chi connectivity index (χ2n) is 6.37. The first-order chi connectivity index (χ1) is 12.2. The number of benzene rings is 1. The number of hydrogen-bond acceptors (Lipinski definition) is 6. The van der Waals surface area contributed by atoms with Crippen LogP contribution in [0.3, 0.4) is 0 Å². The van der Waals surface area contributed by atoms with Crippen LogP contribution in [-0.2, 0) is 16.0 Å². The fourth-order valence-electron chi connectivity index (χ4n) is 3.16. The third kappa shape index (κ3) is 5.03. The van der Waals surface area contributed by atoms with E-state index in [0.29, 0.717) is 31.1 Å². The van der Waals surface area contributed by atoms with Crippen LogP contribution in [0.5, 0.6) is 0 Å². The number of ether oxygens (including phenoxy) is 1. The van der Waals surface area contributed by atoms with Crippen molar-refractivity contribution in [1.29, 1.82) is 0 Å². The number of rotatable bonds is 6. The van der Waals surface area contributed by atoms with Crippen molar-refractivity contribution in [2.75, 3.05) is 13.7 Å². The van der Waals surface area contributed by atoms with Crippen molar-refractivity contribution in [2.45, 2.75) is 37.8 Å². The molecule has 3 N–H and O–H groups in total. The molecule has 26 heavy (non-hydrogen) atoms. The van der Waals surface area contributed by atoms with Gasteiger partial charge in [-0.1, -0.05) is 35.5 Å². The molecule has 0 spiro atoms. The number of halogens is 1. The van der Waals surface area contributed by atoms with E-state index in [9.17, 15) is 4.79 Å². The van der Waals surface area contributed by atoms with Crippen molar-refractivity contribution >= 4 is 18.3 Å². The summed E-state index contributed by atoms with van der Waals surface area (Å²) in [7, 11) is 1.64. The molecular formula is C18H25ClN4O3. The molecule has 2 aromatic rings. The highest BCUT2D eigenvalue weighted by molar-refractivity contribution is 5.85. The van der Waals surface area contributed by atoms with Crippen LogP contribution in [0, 0.1) is 5.92 Å². The van der Waals surface area contributed by atoms with Gasteiger partial charge in [0.25, 0.3) is 0 Å². The van der Waals surface area contributed by atoms with Crippen molar-refractivity contribution in [3.8, 4) is 11.4 Å². The third-order valence-electron chi connectivity index (χ3n) is 4.65. The highest BCUT2D eigenvalue weighted by Gasteiger charge is 2.31. The molecule has 1 aliphatic rings. The van der Waals surface area contributed by atoms with Crippen LogP contribution in [0.4, 0.5) is 0 Å². The first kappa shape index (κ1) is 20.4. The normalized spacial score (nSPS) is 22.5. The predicted molar refractivity (Wildman–Crippen MR) is 99.8 cm³/mol. The van der Waals surface area contributed by atoms with Crippen molar-refractivity contribution < 1.29 is 14.1 Å². The van der Waals surface area contributed by atoms with Crippen LogP contribution < -0.4 is 11.1 Å². The van der Waals surface area contributed by atoms with E-state index in [2.05, 4.69) is 15.5 Å². The maximum absolute atomic E-state index is 12.3. The van der Waals surface area contributed by atoms with Gasteiger partial charge in [0.1, 0.15) is 0 Å². The molecule has 1 heterocycles. The molecule has 3 atom stereocenters. The van der Waals surface area contributed by atoms with Gasteiger partial charge in [-0.15, -0.1) is 12.4 Å². The molecule has 8 heteroatoms. The smallest absolute Gasteiger partial charge is 0.228 e. The number of aromatic nitrogens is 2. The largest absolute Gasteiger partial charge is 0.380 e. The summed E-state index contributed by atoms with van der Waals surface area (Å²) in [5.41, 5.74) is 6.90. The van der Waals surface area contributed by atoms with E-state index < -0.39 is 0 Å². The Morgan fingerprint density at radius 3 is 2.85 bits per heavy atom. The fraction of sp³-hybridized carbons (Fsp3) is 0.500. The average molecular weight is 381 g/mol. The van der Waals surface area contributed by atoms with Crippen LogP contribution in [0.25, 0.3) is 11.4 Å². The summed E-state index contributed by atoms with van der Waals surface area (Å²) < 4.78 is 10.6. The van der Waals surface area contributed by atoms with Crippen molar-refractivity contribution in [3.05, 3.63) is 36.2 Å². The molecule has 142 valence electrons. The van der Waals surface area contributed by atoms with E-state index in [0.717, 1.165) is 18.4 Å². The molecular weight excluding hydrogens is 356 g/mol. The number of nitrogens with zero attached hydrogens (tertiary/aromatic N) is 2. The lowest BCUT2D eigenvalue weighted by Gasteiger charge is -2.32. The second kappa shape index (κ2) is 9.66. The molecule has 0 aliphatic heterocycles. The molecule has 0 saturated heterocycles. The standard InChI is InChI=1S/C18H24N4O3.ClH/c1-24-15-11-13(7-8-14(15)19)18(23)20-10-9-16-21-17(22-25-16)12-5-3-2-4-6-12;/h2-6,13-15H,7-11,19H2,1H3,(H,20,23);1H/t13-,14-,15-;/m0./s1. The van der Waals surface area contributed by atoms with E-state index in [4.69, 9.17) is 15.0 Å². The van der Waals surface area contributed by atoms with E-state index in [-0.39, 0.29) is 36.4 Å². The van der Waals surface area contributed by atoms with Crippen molar-refractivity contribution in [3.63, 3.8) is 0 Å². The number of methoxy groups -OCH3 is 1. The minimum atomic E-state index is -0.0488. The Morgan fingerprint density at radius 2 is 2.12 bits per heavy atom. The quantitative estimate of drug-likeness (QED) is 0.794. The highest BCUT2D eigenvalue weighted by Crippen LogP contribution is 2.25.